The molecule has 2 aliphatic rings. The highest BCUT2D eigenvalue weighted by Crippen LogP contribution is 2.25. The molecule has 3 amide bonds. The smallest absolute Gasteiger partial charge is 0.261 e. The van der Waals surface area contributed by atoms with Crippen LogP contribution in [-0.2, 0) is 4.74 Å². The van der Waals surface area contributed by atoms with Crippen LogP contribution >= 0.6 is 0 Å². The first-order valence-corrected chi connectivity index (χ1v) is 8.87. The van der Waals surface area contributed by atoms with E-state index in [0.717, 1.165) is 12.8 Å². The van der Waals surface area contributed by atoms with Crippen LogP contribution in [0.4, 0.5) is 0 Å². The number of morpholine rings is 1. The van der Waals surface area contributed by atoms with Crippen molar-refractivity contribution in [2.45, 2.75) is 45.8 Å². The van der Waals surface area contributed by atoms with Crippen molar-refractivity contribution in [2.24, 2.45) is 0 Å². The number of rotatable bonds is 4. The Morgan fingerprint density at radius 1 is 1.12 bits per heavy atom. The molecule has 0 aromatic heterocycles. The van der Waals surface area contributed by atoms with E-state index in [2.05, 4.69) is 0 Å². The lowest BCUT2D eigenvalue weighted by atomic mass is 10.0. The number of hydrogen-bond acceptors (Lipinski definition) is 4. The SMILES string of the molecule is CCCCN1C(=O)c2ccc(C(=O)N3C[C@@H](C)O[C@H](C)C3)cc2C1=O. The summed E-state index contributed by atoms with van der Waals surface area (Å²) in [6.07, 6.45) is 1.65. The molecule has 0 N–H and O–H groups in total. The molecule has 1 saturated heterocycles. The fourth-order valence-electron chi connectivity index (χ4n) is 3.47. The maximum Gasteiger partial charge on any atom is 0.261 e. The molecule has 2 aliphatic heterocycles. The van der Waals surface area contributed by atoms with Crippen molar-refractivity contribution in [1.29, 1.82) is 0 Å². The van der Waals surface area contributed by atoms with Gasteiger partial charge >= 0.3 is 0 Å². The van der Waals surface area contributed by atoms with Crippen molar-refractivity contribution in [2.75, 3.05) is 19.6 Å². The Morgan fingerprint density at radius 2 is 1.76 bits per heavy atom. The average Bonchev–Trinajstić information content (AvgIpc) is 2.82. The topological polar surface area (TPSA) is 66.9 Å². The fraction of sp³-hybridized carbons (Fsp3) is 0.526. The molecular weight excluding hydrogens is 320 g/mol. The van der Waals surface area contributed by atoms with Crippen LogP contribution < -0.4 is 0 Å². The molecule has 0 unspecified atom stereocenters. The number of fused-ring (bicyclic) bond motifs is 1. The molecule has 0 saturated carbocycles. The molecule has 3 rings (SSSR count). The summed E-state index contributed by atoms with van der Waals surface area (Å²) >= 11 is 0. The van der Waals surface area contributed by atoms with E-state index in [1.54, 1.807) is 23.1 Å². The Hall–Kier alpha value is -2.21. The summed E-state index contributed by atoms with van der Waals surface area (Å²) in [5.41, 5.74) is 1.17. The van der Waals surface area contributed by atoms with Gasteiger partial charge in [0, 0.05) is 25.2 Å². The quantitative estimate of drug-likeness (QED) is 0.786. The van der Waals surface area contributed by atoms with Gasteiger partial charge in [0.1, 0.15) is 0 Å². The zero-order chi connectivity index (χ0) is 18.1. The number of amides is 3. The molecule has 134 valence electrons. The Kier molecular flexibility index (Phi) is 4.90. The molecule has 1 aromatic carbocycles. The van der Waals surface area contributed by atoms with Crippen molar-refractivity contribution >= 4 is 17.7 Å². The normalized spacial score (nSPS) is 23.2. The predicted molar refractivity (Wildman–Crippen MR) is 92.6 cm³/mol. The van der Waals surface area contributed by atoms with Crippen molar-refractivity contribution in [3.8, 4) is 0 Å². The van der Waals surface area contributed by atoms with Crippen LogP contribution in [0.15, 0.2) is 18.2 Å². The molecule has 0 bridgehead atoms. The van der Waals surface area contributed by atoms with Gasteiger partial charge in [-0.25, -0.2) is 0 Å². The lowest BCUT2D eigenvalue weighted by Gasteiger charge is -2.35. The molecule has 1 fully saturated rings. The molecule has 25 heavy (non-hydrogen) atoms. The number of hydrogen-bond donors (Lipinski definition) is 0. The Labute approximate surface area is 147 Å². The van der Waals surface area contributed by atoms with Crippen LogP contribution in [0.1, 0.15) is 64.7 Å². The van der Waals surface area contributed by atoms with E-state index < -0.39 is 0 Å². The average molecular weight is 344 g/mol. The van der Waals surface area contributed by atoms with Gasteiger partial charge in [0.25, 0.3) is 17.7 Å². The van der Waals surface area contributed by atoms with Gasteiger partial charge < -0.3 is 9.64 Å². The Balaban J connectivity index is 1.83. The molecule has 6 nitrogen and oxygen atoms in total. The van der Waals surface area contributed by atoms with E-state index in [4.69, 9.17) is 4.74 Å². The first-order valence-electron chi connectivity index (χ1n) is 8.87. The second-order valence-electron chi connectivity index (χ2n) is 6.84. The number of carbonyl (C=O) groups is 3. The van der Waals surface area contributed by atoms with E-state index in [-0.39, 0.29) is 29.9 Å². The van der Waals surface area contributed by atoms with Crippen LogP contribution in [0.2, 0.25) is 0 Å². The number of nitrogens with zero attached hydrogens (tertiary/aromatic N) is 2. The molecule has 1 aromatic rings. The summed E-state index contributed by atoms with van der Waals surface area (Å²) in [4.78, 5) is 40.7. The van der Waals surface area contributed by atoms with Gasteiger partial charge in [0.15, 0.2) is 0 Å². The first kappa shape index (κ1) is 17.6. The van der Waals surface area contributed by atoms with Gasteiger partial charge in [0.05, 0.1) is 23.3 Å². The van der Waals surface area contributed by atoms with E-state index in [9.17, 15) is 14.4 Å². The molecule has 6 heteroatoms. The van der Waals surface area contributed by atoms with E-state index >= 15 is 0 Å². The fourth-order valence-corrected chi connectivity index (χ4v) is 3.47. The lowest BCUT2D eigenvalue weighted by Crippen LogP contribution is -2.48. The minimum atomic E-state index is -0.299. The summed E-state index contributed by atoms with van der Waals surface area (Å²) in [6, 6.07) is 4.80. The molecule has 0 aliphatic carbocycles. The number of benzene rings is 1. The number of imide groups is 1. The van der Waals surface area contributed by atoms with Crippen molar-refractivity contribution in [1.82, 2.24) is 9.80 Å². The monoisotopic (exact) mass is 344 g/mol. The summed E-state index contributed by atoms with van der Waals surface area (Å²) in [7, 11) is 0. The third-order valence-electron chi connectivity index (χ3n) is 4.66. The Bertz CT molecular complexity index is 705. The van der Waals surface area contributed by atoms with Crippen LogP contribution in [0, 0.1) is 0 Å². The highest BCUT2D eigenvalue weighted by Gasteiger charge is 2.36. The maximum atomic E-state index is 12.8. The molecular formula is C19H24N2O4. The molecule has 0 radical (unpaired) electrons. The van der Waals surface area contributed by atoms with Gasteiger partial charge in [-0.05, 0) is 38.5 Å². The minimum Gasteiger partial charge on any atom is -0.372 e. The second-order valence-corrected chi connectivity index (χ2v) is 6.84. The minimum absolute atomic E-state index is 0.0186. The second kappa shape index (κ2) is 6.96. The zero-order valence-electron chi connectivity index (χ0n) is 14.9. The van der Waals surface area contributed by atoms with Gasteiger partial charge in [-0.15, -0.1) is 0 Å². The standard InChI is InChI=1S/C19H24N2O4/c1-4-5-8-21-18(23)15-7-6-14(9-16(15)19(21)24)17(22)20-10-12(2)25-13(3)11-20/h6-7,9,12-13H,4-5,8,10-11H2,1-3H3/t12-,13-/m1/s1. The number of unbranched alkanes of at least 4 members (excludes halogenated alkanes) is 1. The Morgan fingerprint density at radius 3 is 2.40 bits per heavy atom. The van der Waals surface area contributed by atoms with Crippen LogP contribution in [0.5, 0.6) is 0 Å². The highest BCUT2D eigenvalue weighted by molar-refractivity contribution is 6.22. The van der Waals surface area contributed by atoms with Crippen molar-refractivity contribution < 1.29 is 19.1 Å². The third kappa shape index (κ3) is 3.31. The number of carbonyl (C=O) groups excluding carboxylic acids is 3. The van der Waals surface area contributed by atoms with Crippen LogP contribution in [-0.4, -0.2) is 59.4 Å². The lowest BCUT2D eigenvalue weighted by molar-refractivity contribution is -0.0586. The van der Waals surface area contributed by atoms with E-state index in [0.29, 0.717) is 36.3 Å². The van der Waals surface area contributed by atoms with Gasteiger partial charge in [0.2, 0.25) is 0 Å². The van der Waals surface area contributed by atoms with Crippen molar-refractivity contribution in [3.63, 3.8) is 0 Å². The predicted octanol–water partition coefficient (Wildman–Crippen LogP) is 2.33. The van der Waals surface area contributed by atoms with E-state index in [1.165, 1.54) is 4.90 Å². The van der Waals surface area contributed by atoms with Gasteiger partial charge in [-0.2, -0.15) is 0 Å². The number of ether oxygens (including phenoxy) is 1. The van der Waals surface area contributed by atoms with Crippen molar-refractivity contribution in [3.05, 3.63) is 34.9 Å². The third-order valence-corrected chi connectivity index (χ3v) is 4.66. The molecule has 2 heterocycles. The molecule has 0 spiro atoms. The largest absolute Gasteiger partial charge is 0.372 e. The van der Waals surface area contributed by atoms with Crippen LogP contribution in [0.25, 0.3) is 0 Å². The first-order chi connectivity index (χ1) is 11.9. The maximum absolute atomic E-state index is 12.8. The summed E-state index contributed by atoms with van der Waals surface area (Å²) in [5.74, 6) is -0.690. The molecule has 2 atom stereocenters. The van der Waals surface area contributed by atoms with Crippen LogP contribution in [0.3, 0.4) is 0 Å². The summed E-state index contributed by atoms with van der Waals surface area (Å²) in [5, 5.41) is 0. The van der Waals surface area contributed by atoms with Gasteiger partial charge in [-0.3, -0.25) is 19.3 Å². The van der Waals surface area contributed by atoms with Gasteiger partial charge in [-0.1, -0.05) is 13.3 Å². The zero-order valence-corrected chi connectivity index (χ0v) is 14.9. The highest BCUT2D eigenvalue weighted by atomic mass is 16.5. The van der Waals surface area contributed by atoms with E-state index in [1.807, 2.05) is 20.8 Å². The summed E-state index contributed by atoms with van der Waals surface area (Å²) in [6.45, 7) is 7.36. The summed E-state index contributed by atoms with van der Waals surface area (Å²) < 4.78 is 5.66.